The summed E-state index contributed by atoms with van der Waals surface area (Å²) >= 11 is 0. The van der Waals surface area contributed by atoms with Crippen LogP contribution in [0, 0.1) is 0 Å². The Morgan fingerprint density at radius 1 is 0.451 bits per heavy atom. The molecule has 5 nitrogen and oxygen atoms in total. The molecule has 250 valence electrons. The number of nitrogens with zero attached hydrogens (tertiary/aromatic N) is 5. The number of hydrogen-bond donors (Lipinski definition) is 0. The number of alkyl halides is 6. The molecule has 51 heavy (non-hydrogen) atoms. The first-order valence-electron chi connectivity index (χ1n) is 15.7. The first-order chi connectivity index (χ1) is 24.5. The van der Waals surface area contributed by atoms with E-state index in [-0.39, 0.29) is 22.5 Å². The second-order valence-electron chi connectivity index (χ2n) is 11.8. The SMILES string of the molecule is FC(F)(F)c1ccc2c3ccc(C(F)(F)F)cc3n(-c3ccc(-c4cccnc4)cc3-c3nc(-c4ccccc4)nc(-c4ccccc4)n3)c2c1. The van der Waals surface area contributed by atoms with Crippen LogP contribution in [0.15, 0.2) is 140 Å². The molecule has 11 heteroatoms. The van der Waals surface area contributed by atoms with Gasteiger partial charge >= 0.3 is 12.4 Å². The molecule has 0 unspecified atom stereocenters. The van der Waals surface area contributed by atoms with E-state index < -0.39 is 23.5 Å². The van der Waals surface area contributed by atoms with E-state index in [1.165, 1.54) is 16.7 Å². The highest BCUT2D eigenvalue weighted by molar-refractivity contribution is 6.10. The fourth-order valence-electron chi connectivity index (χ4n) is 6.18. The van der Waals surface area contributed by atoms with Gasteiger partial charge in [-0.25, -0.2) is 15.0 Å². The Hall–Kier alpha value is -6.36. The molecule has 0 N–H and O–H groups in total. The number of halogens is 6. The third-order valence-corrected chi connectivity index (χ3v) is 8.59. The van der Waals surface area contributed by atoms with Gasteiger partial charge in [0, 0.05) is 45.4 Å². The molecule has 0 amide bonds. The molecule has 3 aromatic heterocycles. The molecule has 0 aliphatic heterocycles. The van der Waals surface area contributed by atoms with Gasteiger partial charge in [-0.1, -0.05) is 84.9 Å². The number of pyridine rings is 1. The van der Waals surface area contributed by atoms with E-state index in [1.807, 2.05) is 66.7 Å². The average Bonchev–Trinajstić information content (AvgIpc) is 3.48. The highest BCUT2D eigenvalue weighted by atomic mass is 19.4. The number of aromatic nitrogens is 5. The van der Waals surface area contributed by atoms with Crippen molar-refractivity contribution < 1.29 is 26.3 Å². The summed E-state index contributed by atoms with van der Waals surface area (Å²) in [4.78, 5) is 18.7. The molecular formula is C40H23F6N5. The van der Waals surface area contributed by atoms with Crippen molar-refractivity contribution in [3.8, 4) is 51.0 Å². The summed E-state index contributed by atoms with van der Waals surface area (Å²) < 4.78 is 86.2. The Morgan fingerprint density at radius 3 is 1.45 bits per heavy atom. The number of rotatable bonds is 5. The topological polar surface area (TPSA) is 56.5 Å². The Labute approximate surface area is 286 Å². The van der Waals surface area contributed by atoms with Crippen molar-refractivity contribution in [2.24, 2.45) is 0 Å². The number of fused-ring (bicyclic) bond motifs is 3. The van der Waals surface area contributed by atoms with Gasteiger partial charge < -0.3 is 4.57 Å². The molecule has 0 fully saturated rings. The maximum absolute atomic E-state index is 14.1. The standard InChI is InChI=1S/C40H23F6N5/c41-39(42,43)28-14-16-30-31-17-15-29(40(44,45)46)22-35(31)51(34(30)21-28)33-18-13-26(27-12-7-19-47-23-27)20-32(33)38-49-36(24-8-3-1-4-9-24)48-37(50-38)25-10-5-2-6-11-25/h1-23H. The first-order valence-corrected chi connectivity index (χ1v) is 15.7. The second-order valence-corrected chi connectivity index (χ2v) is 11.8. The van der Waals surface area contributed by atoms with E-state index in [0.717, 1.165) is 29.8 Å². The van der Waals surface area contributed by atoms with Crippen LogP contribution in [0.4, 0.5) is 26.3 Å². The molecule has 0 atom stereocenters. The van der Waals surface area contributed by atoms with Gasteiger partial charge in [-0.2, -0.15) is 26.3 Å². The summed E-state index contributed by atoms with van der Waals surface area (Å²) in [5, 5.41) is 0.694. The predicted molar refractivity (Wildman–Crippen MR) is 184 cm³/mol. The Kier molecular flexibility index (Phi) is 7.63. The molecule has 0 radical (unpaired) electrons. The lowest BCUT2D eigenvalue weighted by molar-refractivity contribution is -0.138. The van der Waals surface area contributed by atoms with E-state index in [9.17, 15) is 26.3 Å². The zero-order chi connectivity index (χ0) is 35.3. The van der Waals surface area contributed by atoms with Gasteiger partial charge in [-0.15, -0.1) is 0 Å². The van der Waals surface area contributed by atoms with Gasteiger partial charge in [-0.05, 0) is 48.0 Å². The quantitative estimate of drug-likeness (QED) is 0.169. The average molecular weight is 688 g/mol. The van der Waals surface area contributed by atoms with Gasteiger partial charge in [0.25, 0.3) is 0 Å². The molecule has 8 aromatic rings. The lowest BCUT2D eigenvalue weighted by atomic mass is 10.0. The van der Waals surface area contributed by atoms with Crippen LogP contribution in [0.25, 0.3) is 72.8 Å². The van der Waals surface area contributed by atoms with Crippen molar-refractivity contribution in [2.45, 2.75) is 12.4 Å². The summed E-state index contributed by atoms with van der Waals surface area (Å²) in [6.07, 6.45) is -6.13. The molecular weight excluding hydrogens is 664 g/mol. The van der Waals surface area contributed by atoms with Gasteiger partial charge in [-0.3, -0.25) is 4.98 Å². The van der Waals surface area contributed by atoms with Crippen LogP contribution in [-0.4, -0.2) is 24.5 Å². The van der Waals surface area contributed by atoms with E-state index in [1.54, 1.807) is 36.7 Å². The predicted octanol–water partition coefficient (Wildman–Crippen LogP) is 11.1. The van der Waals surface area contributed by atoms with Gasteiger partial charge in [0.05, 0.1) is 27.8 Å². The van der Waals surface area contributed by atoms with Crippen molar-refractivity contribution in [3.63, 3.8) is 0 Å². The third-order valence-electron chi connectivity index (χ3n) is 8.59. The molecule has 8 rings (SSSR count). The monoisotopic (exact) mass is 687 g/mol. The van der Waals surface area contributed by atoms with E-state index in [4.69, 9.17) is 15.0 Å². The first kappa shape index (κ1) is 31.9. The minimum atomic E-state index is -4.71. The summed E-state index contributed by atoms with van der Waals surface area (Å²) in [7, 11) is 0. The van der Waals surface area contributed by atoms with Crippen LogP contribution in [0.1, 0.15) is 11.1 Å². The molecule has 5 aromatic carbocycles. The largest absolute Gasteiger partial charge is 0.416 e. The molecule has 0 bridgehead atoms. The van der Waals surface area contributed by atoms with Gasteiger partial charge in [0.2, 0.25) is 0 Å². The van der Waals surface area contributed by atoms with Gasteiger partial charge in [0.15, 0.2) is 17.5 Å². The molecule has 0 saturated carbocycles. The zero-order valence-electron chi connectivity index (χ0n) is 26.3. The smallest absolute Gasteiger partial charge is 0.308 e. The van der Waals surface area contributed by atoms with Crippen molar-refractivity contribution >= 4 is 21.8 Å². The summed E-state index contributed by atoms with van der Waals surface area (Å²) in [5.74, 6) is 0.827. The fraction of sp³-hybridized carbons (Fsp3) is 0.0500. The Balaban J connectivity index is 1.49. The highest BCUT2D eigenvalue weighted by Crippen LogP contribution is 2.42. The van der Waals surface area contributed by atoms with Crippen molar-refractivity contribution in [1.29, 1.82) is 0 Å². The van der Waals surface area contributed by atoms with E-state index in [0.29, 0.717) is 44.7 Å². The van der Waals surface area contributed by atoms with Crippen LogP contribution >= 0.6 is 0 Å². The second kappa shape index (κ2) is 12.2. The summed E-state index contributed by atoms with van der Waals surface area (Å²) in [6.45, 7) is 0. The maximum Gasteiger partial charge on any atom is 0.416 e. The normalized spacial score (nSPS) is 12.1. The van der Waals surface area contributed by atoms with Crippen LogP contribution in [0.3, 0.4) is 0 Å². The third kappa shape index (κ3) is 5.96. The molecule has 3 heterocycles. The molecule has 0 saturated heterocycles. The lowest BCUT2D eigenvalue weighted by Crippen LogP contribution is -2.07. The van der Waals surface area contributed by atoms with Crippen LogP contribution in [0.2, 0.25) is 0 Å². The summed E-state index contributed by atoms with van der Waals surface area (Å²) in [6, 6.07) is 33.5. The fourth-order valence-corrected chi connectivity index (χ4v) is 6.18. The minimum absolute atomic E-state index is 0.0650. The molecule has 0 aliphatic carbocycles. The van der Waals surface area contributed by atoms with E-state index >= 15 is 0 Å². The number of hydrogen-bond acceptors (Lipinski definition) is 4. The lowest BCUT2D eigenvalue weighted by Gasteiger charge is -2.17. The molecule has 0 spiro atoms. The number of benzene rings is 5. The summed E-state index contributed by atoms with van der Waals surface area (Å²) in [5.41, 5.74) is 1.64. The Morgan fingerprint density at radius 2 is 0.961 bits per heavy atom. The molecule has 0 aliphatic rings. The van der Waals surface area contributed by atoms with Crippen LogP contribution in [0.5, 0.6) is 0 Å². The Bertz CT molecular complexity index is 2420. The van der Waals surface area contributed by atoms with Crippen molar-refractivity contribution in [2.75, 3.05) is 0 Å². The highest BCUT2D eigenvalue weighted by Gasteiger charge is 2.33. The van der Waals surface area contributed by atoms with Crippen molar-refractivity contribution in [1.82, 2.24) is 24.5 Å². The maximum atomic E-state index is 14.1. The van der Waals surface area contributed by atoms with Gasteiger partial charge in [0.1, 0.15) is 0 Å². The van der Waals surface area contributed by atoms with Crippen LogP contribution < -0.4 is 0 Å². The van der Waals surface area contributed by atoms with E-state index in [2.05, 4.69) is 4.98 Å². The van der Waals surface area contributed by atoms with Crippen molar-refractivity contribution in [3.05, 3.63) is 151 Å². The minimum Gasteiger partial charge on any atom is -0.308 e. The van der Waals surface area contributed by atoms with Crippen LogP contribution in [-0.2, 0) is 12.4 Å². The zero-order valence-corrected chi connectivity index (χ0v) is 26.3.